The molecule has 3 aromatic rings. The molecule has 1 fully saturated rings. The molecule has 2 aromatic heterocycles. The van der Waals surface area contributed by atoms with Crippen molar-refractivity contribution >= 4 is 34.6 Å². The summed E-state index contributed by atoms with van der Waals surface area (Å²) in [4.78, 5) is 18.7. The third-order valence-corrected chi connectivity index (χ3v) is 6.63. The third kappa shape index (κ3) is 3.88. The van der Waals surface area contributed by atoms with Gasteiger partial charge in [-0.25, -0.2) is 0 Å². The van der Waals surface area contributed by atoms with Crippen LogP contribution in [0.3, 0.4) is 0 Å². The Morgan fingerprint density at radius 3 is 2.56 bits per heavy atom. The van der Waals surface area contributed by atoms with Gasteiger partial charge >= 0.3 is 0 Å². The van der Waals surface area contributed by atoms with Crippen molar-refractivity contribution in [2.45, 2.75) is 46.2 Å². The molecular formula is C25H29N5OS. The second kappa shape index (κ2) is 8.74. The van der Waals surface area contributed by atoms with E-state index in [4.69, 9.17) is 12.2 Å². The van der Waals surface area contributed by atoms with Gasteiger partial charge in [-0.05, 0) is 80.5 Å². The Morgan fingerprint density at radius 1 is 1.19 bits per heavy atom. The Balaban J connectivity index is 1.81. The zero-order valence-corrected chi connectivity index (χ0v) is 20.0. The van der Waals surface area contributed by atoms with Crippen molar-refractivity contribution in [2.75, 3.05) is 10.2 Å². The maximum Gasteiger partial charge on any atom is 0.224 e. The summed E-state index contributed by atoms with van der Waals surface area (Å²) in [7, 11) is 2.09. The van der Waals surface area contributed by atoms with Crippen molar-refractivity contribution in [2.24, 2.45) is 7.05 Å². The molecule has 0 radical (unpaired) electrons. The normalized spacial score (nSPS) is 18.0. The van der Waals surface area contributed by atoms with Crippen molar-refractivity contribution < 1.29 is 4.79 Å². The molecule has 0 saturated carbocycles. The highest BCUT2D eigenvalue weighted by atomic mass is 32.1. The predicted molar refractivity (Wildman–Crippen MR) is 133 cm³/mol. The van der Waals surface area contributed by atoms with Crippen LogP contribution < -0.4 is 15.5 Å². The van der Waals surface area contributed by atoms with Crippen LogP contribution in [0.4, 0.5) is 11.4 Å². The Bertz CT molecular complexity index is 1170. The molecule has 0 unspecified atom stereocenters. The number of benzene rings is 1. The summed E-state index contributed by atoms with van der Waals surface area (Å²) in [6, 6.07) is 14.1. The van der Waals surface area contributed by atoms with E-state index in [1.165, 1.54) is 17.0 Å². The van der Waals surface area contributed by atoms with Crippen molar-refractivity contribution in [3.8, 4) is 0 Å². The fraction of sp³-hybridized carbons (Fsp3) is 0.320. The molecule has 0 spiro atoms. The molecule has 1 aliphatic heterocycles. The first-order valence-electron chi connectivity index (χ1n) is 10.9. The van der Waals surface area contributed by atoms with E-state index >= 15 is 0 Å². The molecule has 166 valence electrons. The first-order valence-corrected chi connectivity index (χ1v) is 11.3. The molecule has 6 nitrogen and oxygen atoms in total. The molecule has 0 bridgehead atoms. The molecule has 1 saturated heterocycles. The van der Waals surface area contributed by atoms with Gasteiger partial charge in [0.15, 0.2) is 5.11 Å². The first-order chi connectivity index (χ1) is 15.3. The summed E-state index contributed by atoms with van der Waals surface area (Å²) in [5.41, 5.74) is 7.37. The zero-order valence-electron chi connectivity index (χ0n) is 19.1. The minimum Gasteiger partial charge on any atom is -0.352 e. The summed E-state index contributed by atoms with van der Waals surface area (Å²) in [5.74, 6) is 0.00249. The maximum absolute atomic E-state index is 11.9. The van der Waals surface area contributed by atoms with Crippen LogP contribution in [-0.4, -0.2) is 20.6 Å². The van der Waals surface area contributed by atoms with Crippen LogP contribution in [0.25, 0.3) is 0 Å². The quantitative estimate of drug-likeness (QED) is 0.547. The second-order valence-corrected chi connectivity index (χ2v) is 8.67. The fourth-order valence-corrected chi connectivity index (χ4v) is 4.66. The van der Waals surface area contributed by atoms with Crippen LogP contribution in [0.15, 0.2) is 48.7 Å². The number of carbonyl (C=O) groups excluding carboxylic acids is 1. The van der Waals surface area contributed by atoms with Crippen molar-refractivity contribution in [3.63, 3.8) is 0 Å². The lowest BCUT2D eigenvalue weighted by Gasteiger charge is -2.28. The molecular weight excluding hydrogens is 418 g/mol. The van der Waals surface area contributed by atoms with E-state index in [0.717, 1.165) is 22.6 Å². The van der Waals surface area contributed by atoms with Gasteiger partial charge in [-0.15, -0.1) is 0 Å². The van der Waals surface area contributed by atoms with Crippen LogP contribution in [0.2, 0.25) is 0 Å². The Labute approximate surface area is 194 Å². The number of thiocarbonyl (C=S) groups is 1. The smallest absolute Gasteiger partial charge is 0.224 e. The minimum atomic E-state index is -0.0797. The van der Waals surface area contributed by atoms with Gasteiger partial charge in [0.05, 0.1) is 17.8 Å². The number of aryl methyl sites for hydroxylation is 2. The number of carbonyl (C=O) groups is 1. The molecule has 7 heteroatoms. The van der Waals surface area contributed by atoms with E-state index in [2.05, 4.69) is 58.1 Å². The molecule has 1 aromatic carbocycles. The number of anilines is 2. The Kier molecular flexibility index (Phi) is 6.02. The van der Waals surface area contributed by atoms with Gasteiger partial charge in [-0.2, -0.15) is 0 Å². The lowest BCUT2D eigenvalue weighted by molar-refractivity contribution is -0.115. The van der Waals surface area contributed by atoms with Gasteiger partial charge in [0.1, 0.15) is 0 Å². The fourth-order valence-electron chi connectivity index (χ4n) is 4.31. The number of nitrogens with zero attached hydrogens (tertiary/aromatic N) is 3. The number of hydrogen-bond donors (Lipinski definition) is 2. The minimum absolute atomic E-state index is 0.00249. The Morgan fingerprint density at radius 2 is 1.97 bits per heavy atom. The monoisotopic (exact) mass is 447 g/mol. The van der Waals surface area contributed by atoms with Crippen LogP contribution in [0.5, 0.6) is 0 Å². The van der Waals surface area contributed by atoms with Crippen LogP contribution in [-0.2, 0) is 11.8 Å². The number of pyridine rings is 1. The maximum atomic E-state index is 11.9. The summed E-state index contributed by atoms with van der Waals surface area (Å²) >= 11 is 5.83. The number of rotatable bonds is 5. The molecule has 2 N–H and O–H groups in total. The van der Waals surface area contributed by atoms with E-state index in [1.54, 1.807) is 0 Å². The summed E-state index contributed by atoms with van der Waals surface area (Å²) in [6.45, 7) is 8.11. The van der Waals surface area contributed by atoms with E-state index in [0.29, 0.717) is 11.5 Å². The van der Waals surface area contributed by atoms with E-state index in [1.807, 2.05) is 50.4 Å². The second-order valence-electron chi connectivity index (χ2n) is 8.28. The van der Waals surface area contributed by atoms with E-state index in [-0.39, 0.29) is 18.0 Å². The third-order valence-electron chi connectivity index (χ3n) is 6.31. The highest BCUT2D eigenvalue weighted by Crippen LogP contribution is 2.43. The Hall–Kier alpha value is -3.19. The van der Waals surface area contributed by atoms with Crippen LogP contribution in [0.1, 0.15) is 53.6 Å². The molecule has 32 heavy (non-hydrogen) atoms. The number of aromatic nitrogens is 2. The highest BCUT2D eigenvalue weighted by molar-refractivity contribution is 7.80. The molecule has 2 atom stereocenters. The average Bonchev–Trinajstić information content (AvgIpc) is 3.26. The topological polar surface area (TPSA) is 62.2 Å². The molecule has 1 aliphatic rings. The molecule has 1 amide bonds. The van der Waals surface area contributed by atoms with Gasteiger partial charge < -0.3 is 20.1 Å². The van der Waals surface area contributed by atoms with Crippen LogP contribution in [0, 0.1) is 20.8 Å². The number of nitrogens with one attached hydrogen (secondary N) is 2. The summed E-state index contributed by atoms with van der Waals surface area (Å²) in [6.07, 6.45) is 2.26. The summed E-state index contributed by atoms with van der Waals surface area (Å²) in [5, 5.41) is 7.14. The van der Waals surface area contributed by atoms with Crippen LogP contribution >= 0.6 is 12.2 Å². The number of hydrogen-bond acceptors (Lipinski definition) is 3. The average molecular weight is 448 g/mol. The standard InChI is InChI=1S/C25H29N5OS/c1-6-22(31)27-20-11-10-18(13-15(20)2)30-24(19-14-16(3)29(5)17(19)4)23(28-25(30)32)21-9-7-8-12-26-21/h7-14,23-24H,6H2,1-5H3,(H,27,31)(H,28,32)/t23-,24-/m1/s1. The van der Waals surface area contributed by atoms with Crippen molar-refractivity contribution in [3.05, 3.63) is 76.9 Å². The van der Waals surface area contributed by atoms with Gasteiger partial charge in [-0.3, -0.25) is 9.78 Å². The summed E-state index contributed by atoms with van der Waals surface area (Å²) < 4.78 is 2.21. The first kappa shape index (κ1) is 22.0. The highest BCUT2D eigenvalue weighted by Gasteiger charge is 2.42. The van der Waals surface area contributed by atoms with Gasteiger partial charge in [-0.1, -0.05) is 13.0 Å². The largest absolute Gasteiger partial charge is 0.352 e. The lowest BCUT2D eigenvalue weighted by atomic mass is 9.96. The van der Waals surface area contributed by atoms with Crippen molar-refractivity contribution in [1.29, 1.82) is 0 Å². The van der Waals surface area contributed by atoms with E-state index < -0.39 is 0 Å². The van der Waals surface area contributed by atoms with Gasteiger partial charge in [0.2, 0.25) is 5.91 Å². The molecule has 3 heterocycles. The molecule has 0 aliphatic carbocycles. The lowest BCUT2D eigenvalue weighted by Crippen LogP contribution is -2.29. The van der Waals surface area contributed by atoms with E-state index in [9.17, 15) is 4.79 Å². The van der Waals surface area contributed by atoms with Gasteiger partial charge in [0, 0.05) is 42.4 Å². The zero-order chi connectivity index (χ0) is 23.0. The predicted octanol–water partition coefficient (Wildman–Crippen LogP) is 4.87. The number of amides is 1. The molecule has 4 rings (SSSR count). The van der Waals surface area contributed by atoms with Gasteiger partial charge in [0.25, 0.3) is 0 Å². The van der Waals surface area contributed by atoms with Crippen molar-refractivity contribution in [1.82, 2.24) is 14.9 Å². The SMILES string of the molecule is CCC(=O)Nc1ccc(N2C(=S)N[C@H](c3ccccn3)[C@H]2c2cc(C)n(C)c2C)cc1C.